The summed E-state index contributed by atoms with van der Waals surface area (Å²) < 4.78 is 11.0. The molecule has 0 saturated carbocycles. The molecule has 2 aromatic carbocycles. The van der Waals surface area contributed by atoms with Gasteiger partial charge in [-0.2, -0.15) is 0 Å². The molecule has 0 bridgehead atoms. The molecule has 0 fully saturated rings. The molecule has 0 heterocycles. The van der Waals surface area contributed by atoms with Gasteiger partial charge in [0.15, 0.2) is 0 Å². The summed E-state index contributed by atoms with van der Waals surface area (Å²) in [6, 6.07) is 15.7. The van der Waals surface area contributed by atoms with E-state index in [1.807, 2.05) is 62.4 Å². The van der Waals surface area contributed by atoms with Gasteiger partial charge in [0.05, 0.1) is 19.3 Å². The monoisotopic (exact) mass is 286 g/mol. The molecule has 112 valence electrons. The second kappa shape index (κ2) is 7.11. The normalized spacial score (nSPS) is 12.2. The van der Waals surface area contributed by atoms with Gasteiger partial charge in [-0.15, -0.1) is 0 Å². The van der Waals surface area contributed by atoms with Gasteiger partial charge in [0.1, 0.15) is 11.5 Å². The Bertz CT molecular complexity index is 585. The topological polar surface area (TPSA) is 56.5 Å². The van der Waals surface area contributed by atoms with Crippen LogP contribution in [0.25, 0.3) is 0 Å². The molecular weight excluding hydrogens is 264 g/mol. The first-order chi connectivity index (χ1) is 10.1. The Morgan fingerprint density at radius 3 is 2.05 bits per heavy atom. The van der Waals surface area contributed by atoms with Crippen LogP contribution in [0.5, 0.6) is 11.5 Å². The maximum absolute atomic E-state index is 5.75. The van der Waals surface area contributed by atoms with Gasteiger partial charge >= 0.3 is 0 Å². The number of hydrazine groups is 1. The summed E-state index contributed by atoms with van der Waals surface area (Å²) in [4.78, 5) is 0. The van der Waals surface area contributed by atoms with Crippen LogP contribution in [-0.4, -0.2) is 13.2 Å². The van der Waals surface area contributed by atoms with Crippen molar-refractivity contribution in [3.05, 3.63) is 59.7 Å². The van der Waals surface area contributed by atoms with Gasteiger partial charge in [0, 0.05) is 0 Å². The van der Waals surface area contributed by atoms with Crippen molar-refractivity contribution in [1.29, 1.82) is 0 Å². The van der Waals surface area contributed by atoms with E-state index in [-0.39, 0.29) is 12.1 Å². The third-order valence-corrected chi connectivity index (χ3v) is 3.16. The van der Waals surface area contributed by atoms with E-state index in [1.54, 1.807) is 7.11 Å². The number of nitrogens with two attached hydrogens (primary N) is 1. The fraction of sp³-hybridized carbons (Fsp3) is 0.294. The van der Waals surface area contributed by atoms with Crippen molar-refractivity contribution in [2.75, 3.05) is 7.11 Å². The van der Waals surface area contributed by atoms with Crippen molar-refractivity contribution < 1.29 is 9.47 Å². The second-order valence-electron chi connectivity index (χ2n) is 5.12. The smallest absolute Gasteiger partial charge is 0.120 e. The van der Waals surface area contributed by atoms with Crippen molar-refractivity contribution in [2.45, 2.75) is 26.0 Å². The van der Waals surface area contributed by atoms with E-state index >= 15 is 0 Å². The van der Waals surface area contributed by atoms with Gasteiger partial charge in [0.25, 0.3) is 0 Å². The van der Waals surface area contributed by atoms with Gasteiger partial charge in [-0.05, 0) is 49.2 Å². The molecule has 4 nitrogen and oxygen atoms in total. The number of hydrogen-bond acceptors (Lipinski definition) is 4. The largest absolute Gasteiger partial charge is 0.497 e. The number of methoxy groups -OCH3 is 1. The van der Waals surface area contributed by atoms with E-state index in [2.05, 4.69) is 5.43 Å². The minimum Gasteiger partial charge on any atom is -0.497 e. The lowest BCUT2D eigenvalue weighted by atomic mass is 9.99. The van der Waals surface area contributed by atoms with Crippen LogP contribution in [-0.2, 0) is 0 Å². The van der Waals surface area contributed by atoms with Gasteiger partial charge in [0.2, 0.25) is 0 Å². The van der Waals surface area contributed by atoms with Crippen molar-refractivity contribution in [2.24, 2.45) is 5.84 Å². The van der Waals surface area contributed by atoms with E-state index < -0.39 is 0 Å². The molecule has 2 rings (SSSR count). The first-order valence-electron chi connectivity index (χ1n) is 7.00. The molecule has 0 saturated heterocycles. The zero-order valence-electron chi connectivity index (χ0n) is 12.7. The zero-order chi connectivity index (χ0) is 15.2. The summed E-state index contributed by atoms with van der Waals surface area (Å²) in [6.45, 7) is 4.01. The Hall–Kier alpha value is -2.04. The molecule has 1 unspecified atom stereocenters. The number of nitrogens with one attached hydrogen (secondary N) is 1. The zero-order valence-corrected chi connectivity index (χ0v) is 12.7. The van der Waals surface area contributed by atoms with Crippen molar-refractivity contribution in [3.63, 3.8) is 0 Å². The predicted octanol–water partition coefficient (Wildman–Crippen LogP) is 3.04. The lowest BCUT2D eigenvalue weighted by Crippen LogP contribution is -2.28. The summed E-state index contributed by atoms with van der Waals surface area (Å²) >= 11 is 0. The van der Waals surface area contributed by atoms with Crippen molar-refractivity contribution in [1.82, 2.24) is 5.43 Å². The van der Waals surface area contributed by atoms with Gasteiger partial charge < -0.3 is 9.47 Å². The highest BCUT2D eigenvalue weighted by molar-refractivity contribution is 5.39. The Morgan fingerprint density at radius 1 is 0.952 bits per heavy atom. The Kier molecular flexibility index (Phi) is 5.20. The summed E-state index contributed by atoms with van der Waals surface area (Å²) in [6.07, 6.45) is 0.140. The highest BCUT2D eigenvalue weighted by Gasteiger charge is 2.14. The molecular formula is C17H22N2O2. The van der Waals surface area contributed by atoms with Crippen LogP contribution in [0.2, 0.25) is 0 Å². The van der Waals surface area contributed by atoms with Crippen LogP contribution in [0.15, 0.2) is 48.5 Å². The predicted molar refractivity (Wildman–Crippen MR) is 84.4 cm³/mol. The Labute approximate surface area is 125 Å². The van der Waals surface area contributed by atoms with Crippen LogP contribution in [0.4, 0.5) is 0 Å². The highest BCUT2D eigenvalue weighted by Crippen LogP contribution is 2.27. The standard InChI is InChI=1S/C17H22N2O2/c1-12(2)21-16-9-5-7-14(11-16)17(19-18)13-6-4-8-15(10-13)20-3/h4-12,17,19H,18H2,1-3H3. The van der Waals surface area contributed by atoms with Gasteiger partial charge in [-0.25, -0.2) is 5.43 Å². The summed E-state index contributed by atoms with van der Waals surface area (Å²) in [5.41, 5.74) is 4.94. The van der Waals surface area contributed by atoms with E-state index in [0.717, 1.165) is 22.6 Å². The van der Waals surface area contributed by atoms with E-state index in [0.29, 0.717) is 0 Å². The summed E-state index contributed by atoms with van der Waals surface area (Å²) in [5.74, 6) is 7.39. The third-order valence-electron chi connectivity index (χ3n) is 3.16. The molecule has 0 radical (unpaired) electrons. The first kappa shape index (κ1) is 15.4. The van der Waals surface area contributed by atoms with Crippen LogP contribution < -0.4 is 20.7 Å². The summed E-state index contributed by atoms with van der Waals surface area (Å²) in [7, 11) is 1.65. The molecule has 0 spiro atoms. The maximum Gasteiger partial charge on any atom is 0.120 e. The molecule has 0 aromatic heterocycles. The fourth-order valence-corrected chi connectivity index (χ4v) is 2.25. The molecule has 4 heteroatoms. The molecule has 2 aromatic rings. The maximum atomic E-state index is 5.75. The van der Waals surface area contributed by atoms with E-state index in [4.69, 9.17) is 15.3 Å². The number of ether oxygens (including phenoxy) is 2. The molecule has 0 amide bonds. The first-order valence-corrected chi connectivity index (χ1v) is 7.00. The van der Waals surface area contributed by atoms with Crippen LogP contribution >= 0.6 is 0 Å². The molecule has 1 atom stereocenters. The molecule has 21 heavy (non-hydrogen) atoms. The lowest BCUT2D eigenvalue weighted by molar-refractivity contribution is 0.242. The molecule has 3 N–H and O–H groups in total. The fourth-order valence-electron chi connectivity index (χ4n) is 2.25. The highest BCUT2D eigenvalue weighted by atomic mass is 16.5. The Balaban J connectivity index is 2.32. The average molecular weight is 286 g/mol. The van der Waals surface area contributed by atoms with Crippen LogP contribution in [0, 0.1) is 0 Å². The van der Waals surface area contributed by atoms with Crippen LogP contribution in [0.1, 0.15) is 31.0 Å². The third kappa shape index (κ3) is 3.97. The Morgan fingerprint density at radius 2 is 1.52 bits per heavy atom. The minimum absolute atomic E-state index is 0.115. The molecule has 0 aliphatic carbocycles. The summed E-state index contributed by atoms with van der Waals surface area (Å²) in [5, 5.41) is 0. The quantitative estimate of drug-likeness (QED) is 0.633. The molecule has 0 aliphatic heterocycles. The van der Waals surface area contributed by atoms with Gasteiger partial charge in [-0.1, -0.05) is 24.3 Å². The van der Waals surface area contributed by atoms with E-state index in [9.17, 15) is 0 Å². The molecule has 0 aliphatic rings. The van der Waals surface area contributed by atoms with Crippen molar-refractivity contribution >= 4 is 0 Å². The van der Waals surface area contributed by atoms with Crippen LogP contribution in [0.3, 0.4) is 0 Å². The SMILES string of the molecule is COc1cccc(C(NN)c2cccc(OC(C)C)c2)c1. The van der Waals surface area contributed by atoms with E-state index in [1.165, 1.54) is 0 Å². The number of hydrogen-bond donors (Lipinski definition) is 2. The number of rotatable bonds is 6. The number of benzene rings is 2. The lowest BCUT2D eigenvalue weighted by Gasteiger charge is -2.19. The minimum atomic E-state index is -0.115. The average Bonchev–Trinajstić information content (AvgIpc) is 2.48. The van der Waals surface area contributed by atoms with Crippen molar-refractivity contribution in [3.8, 4) is 11.5 Å². The van der Waals surface area contributed by atoms with Gasteiger partial charge in [-0.3, -0.25) is 5.84 Å². The second-order valence-corrected chi connectivity index (χ2v) is 5.12.